The van der Waals surface area contributed by atoms with Gasteiger partial charge in [0.2, 0.25) is 11.8 Å². The summed E-state index contributed by atoms with van der Waals surface area (Å²) < 4.78 is 4.69. The lowest BCUT2D eigenvalue weighted by molar-refractivity contribution is -0.149. The Balaban J connectivity index is 1.43. The highest BCUT2D eigenvalue weighted by atomic mass is 16.6. The van der Waals surface area contributed by atoms with Gasteiger partial charge in [-0.25, -0.2) is 4.63 Å². The third kappa shape index (κ3) is 3.12. The van der Waals surface area contributed by atoms with Gasteiger partial charge in [0.25, 0.3) is 0 Å². The van der Waals surface area contributed by atoms with Gasteiger partial charge in [0.15, 0.2) is 0 Å². The van der Waals surface area contributed by atoms with Gasteiger partial charge in [-0.05, 0) is 39.0 Å². The summed E-state index contributed by atoms with van der Waals surface area (Å²) in [4.78, 5) is 30.0. The zero-order valence-electron chi connectivity index (χ0n) is 15.6. The summed E-state index contributed by atoms with van der Waals surface area (Å²) in [6.45, 7) is 3.89. The predicted molar refractivity (Wildman–Crippen MR) is 94.2 cm³/mol. The maximum Gasteiger partial charge on any atom is 0.230 e. The topological polar surface area (TPSA) is 79.5 Å². The molecule has 0 N–H and O–H groups in total. The van der Waals surface area contributed by atoms with E-state index in [1.54, 1.807) is 6.92 Å². The maximum atomic E-state index is 13.3. The van der Waals surface area contributed by atoms with E-state index in [1.165, 1.54) is 19.3 Å². The lowest BCUT2D eigenvalue weighted by Crippen LogP contribution is -2.54. The molecule has 1 aliphatic carbocycles. The molecule has 1 atom stereocenters. The molecule has 1 spiro atoms. The fraction of sp³-hybridized carbons (Fsp3) is 0.789. The van der Waals surface area contributed by atoms with Gasteiger partial charge in [0.1, 0.15) is 11.4 Å². The van der Waals surface area contributed by atoms with Gasteiger partial charge in [0, 0.05) is 25.7 Å². The van der Waals surface area contributed by atoms with E-state index in [2.05, 4.69) is 19.8 Å². The number of carbonyl (C=O) groups is 2. The van der Waals surface area contributed by atoms with Crippen LogP contribution >= 0.6 is 0 Å². The number of aryl methyl sites for hydroxylation is 1. The quantitative estimate of drug-likeness (QED) is 0.825. The van der Waals surface area contributed by atoms with Crippen LogP contribution < -0.4 is 0 Å². The molecule has 142 valence electrons. The van der Waals surface area contributed by atoms with Crippen LogP contribution in [0.15, 0.2) is 4.63 Å². The fourth-order valence-corrected chi connectivity index (χ4v) is 4.97. The molecule has 0 unspecified atom stereocenters. The summed E-state index contributed by atoms with van der Waals surface area (Å²) in [5.74, 6) is 0.313. The third-order valence-electron chi connectivity index (χ3n) is 6.56. The van der Waals surface area contributed by atoms with Crippen LogP contribution in [0.2, 0.25) is 0 Å². The Labute approximate surface area is 154 Å². The van der Waals surface area contributed by atoms with E-state index in [-0.39, 0.29) is 17.7 Å². The molecule has 2 aliphatic heterocycles. The number of carbonyl (C=O) groups excluding carboxylic acids is 2. The number of aromatic nitrogens is 2. The standard InChI is InChI=1S/C19H28N4O3/c1-14-16(21-26-20-14)12-17(24)22-11-9-19(13-22)8-5-10-23(18(19)25)15-6-3-2-4-7-15/h15H,2-13H2,1H3/t19-/m1/s1. The average molecular weight is 360 g/mol. The molecule has 2 amide bonds. The maximum absolute atomic E-state index is 13.3. The minimum absolute atomic E-state index is 0.0169. The van der Waals surface area contributed by atoms with Gasteiger partial charge in [-0.3, -0.25) is 9.59 Å². The van der Waals surface area contributed by atoms with E-state index in [0.717, 1.165) is 38.6 Å². The highest BCUT2D eigenvalue weighted by Gasteiger charge is 2.50. The second-order valence-corrected chi connectivity index (χ2v) is 8.21. The van der Waals surface area contributed by atoms with Gasteiger partial charge in [-0.15, -0.1) is 0 Å². The molecule has 1 saturated carbocycles. The molecule has 3 fully saturated rings. The van der Waals surface area contributed by atoms with Crippen LogP contribution in [0.3, 0.4) is 0 Å². The molecule has 0 aromatic carbocycles. The zero-order chi connectivity index (χ0) is 18.1. The monoisotopic (exact) mass is 360 g/mol. The van der Waals surface area contributed by atoms with Crippen molar-refractivity contribution in [1.29, 1.82) is 0 Å². The van der Waals surface area contributed by atoms with Crippen molar-refractivity contribution in [2.45, 2.75) is 70.8 Å². The summed E-state index contributed by atoms with van der Waals surface area (Å²) in [5, 5.41) is 7.55. The molecular formula is C19H28N4O3. The van der Waals surface area contributed by atoms with Crippen molar-refractivity contribution in [3.63, 3.8) is 0 Å². The largest absolute Gasteiger partial charge is 0.341 e. The molecule has 3 aliphatic rings. The minimum Gasteiger partial charge on any atom is -0.341 e. The Morgan fingerprint density at radius 1 is 1.15 bits per heavy atom. The van der Waals surface area contributed by atoms with E-state index >= 15 is 0 Å². The summed E-state index contributed by atoms with van der Waals surface area (Å²) >= 11 is 0. The van der Waals surface area contributed by atoms with Crippen molar-refractivity contribution in [2.24, 2.45) is 5.41 Å². The molecule has 4 rings (SSSR count). The summed E-state index contributed by atoms with van der Waals surface area (Å²) in [6, 6.07) is 0.419. The first-order chi connectivity index (χ1) is 12.6. The van der Waals surface area contributed by atoms with Gasteiger partial charge in [0.05, 0.1) is 11.8 Å². The van der Waals surface area contributed by atoms with Crippen LogP contribution in [0, 0.1) is 12.3 Å². The number of piperidine rings is 1. The summed E-state index contributed by atoms with van der Waals surface area (Å²) in [5.41, 5.74) is 0.891. The van der Waals surface area contributed by atoms with Crippen LogP contribution in [0.5, 0.6) is 0 Å². The lowest BCUT2D eigenvalue weighted by atomic mass is 9.77. The molecule has 1 aromatic heterocycles. The molecule has 2 saturated heterocycles. The highest BCUT2D eigenvalue weighted by molar-refractivity contribution is 5.86. The summed E-state index contributed by atoms with van der Waals surface area (Å²) in [7, 11) is 0. The smallest absolute Gasteiger partial charge is 0.230 e. The molecule has 7 heteroatoms. The number of rotatable bonds is 3. The van der Waals surface area contributed by atoms with Crippen LogP contribution in [-0.4, -0.2) is 57.6 Å². The number of hydrogen-bond donors (Lipinski definition) is 0. The molecule has 0 bridgehead atoms. The highest BCUT2D eigenvalue weighted by Crippen LogP contribution is 2.42. The Kier molecular flexibility index (Phi) is 4.71. The molecule has 0 radical (unpaired) electrons. The molecule has 1 aromatic rings. The summed E-state index contributed by atoms with van der Waals surface area (Å²) in [6.07, 6.45) is 8.99. The fourth-order valence-electron chi connectivity index (χ4n) is 4.97. The van der Waals surface area contributed by atoms with Crippen molar-refractivity contribution >= 4 is 11.8 Å². The average Bonchev–Trinajstić information content (AvgIpc) is 3.26. The second-order valence-electron chi connectivity index (χ2n) is 8.21. The Hall–Kier alpha value is -1.92. The Morgan fingerprint density at radius 3 is 2.69 bits per heavy atom. The van der Waals surface area contributed by atoms with Gasteiger partial charge in [-0.1, -0.05) is 29.6 Å². The van der Waals surface area contributed by atoms with E-state index in [9.17, 15) is 9.59 Å². The van der Waals surface area contributed by atoms with Crippen molar-refractivity contribution in [3.05, 3.63) is 11.4 Å². The first kappa shape index (κ1) is 17.5. The van der Waals surface area contributed by atoms with Crippen LogP contribution in [0.4, 0.5) is 0 Å². The van der Waals surface area contributed by atoms with Crippen molar-refractivity contribution in [2.75, 3.05) is 19.6 Å². The number of amides is 2. The predicted octanol–water partition coefficient (Wildman–Crippen LogP) is 2.09. The number of likely N-dealkylation sites (tertiary alicyclic amines) is 2. The lowest BCUT2D eigenvalue weighted by Gasteiger charge is -2.44. The zero-order valence-corrected chi connectivity index (χ0v) is 15.6. The van der Waals surface area contributed by atoms with E-state index in [4.69, 9.17) is 0 Å². The molecule has 7 nitrogen and oxygen atoms in total. The van der Waals surface area contributed by atoms with Crippen molar-refractivity contribution in [1.82, 2.24) is 20.1 Å². The first-order valence-electron chi connectivity index (χ1n) is 9.96. The molecule has 26 heavy (non-hydrogen) atoms. The van der Waals surface area contributed by atoms with E-state index < -0.39 is 0 Å². The second kappa shape index (κ2) is 7.00. The third-order valence-corrected chi connectivity index (χ3v) is 6.56. The molecule has 3 heterocycles. The van der Waals surface area contributed by atoms with Crippen LogP contribution in [0.1, 0.15) is 62.8 Å². The van der Waals surface area contributed by atoms with Crippen LogP contribution in [0.25, 0.3) is 0 Å². The van der Waals surface area contributed by atoms with Crippen molar-refractivity contribution in [3.8, 4) is 0 Å². The van der Waals surface area contributed by atoms with Gasteiger partial charge >= 0.3 is 0 Å². The van der Waals surface area contributed by atoms with Crippen LogP contribution in [-0.2, 0) is 16.0 Å². The number of hydrogen-bond acceptors (Lipinski definition) is 5. The van der Waals surface area contributed by atoms with Gasteiger partial charge < -0.3 is 9.80 Å². The van der Waals surface area contributed by atoms with Crippen molar-refractivity contribution < 1.29 is 14.2 Å². The van der Waals surface area contributed by atoms with E-state index in [0.29, 0.717) is 36.4 Å². The minimum atomic E-state index is -0.359. The Bertz CT molecular complexity index is 682. The first-order valence-corrected chi connectivity index (χ1v) is 9.96. The normalized spacial score (nSPS) is 27.5. The van der Waals surface area contributed by atoms with E-state index in [1.807, 2.05) is 4.90 Å². The molecular weight excluding hydrogens is 332 g/mol. The SMILES string of the molecule is Cc1nonc1CC(=O)N1CC[C@]2(CCCN(C3CCCCC3)C2=O)C1. The number of nitrogens with zero attached hydrogens (tertiary/aromatic N) is 4. The Morgan fingerprint density at radius 2 is 1.96 bits per heavy atom. The van der Waals surface area contributed by atoms with Gasteiger partial charge in [-0.2, -0.15) is 0 Å².